The summed E-state index contributed by atoms with van der Waals surface area (Å²) in [5.74, 6) is 0.443. The van der Waals surface area contributed by atoms with Crippen molar-refractivity contribution in [1.29, 1.82) is 0 Å². The Hall–Kier alpha value is -3.29. The number of hydrogen-bond donors (Lipinski definition) is 4. The van der Waals surface area contributed by atoms with E-state index in [4.69, 9.17) is 18.9 Å². The van der Waals surface area contributed by atoms with Gasteiger partial charge in [-0.3, -0.25) is 15.1 Å². The first kappa shape index (κ1) is 34.1. The molecule has 5 unspecified atom stereocenters. The number of hydrogen-bond acceptors (Lipinski definition) is 9. The number of nitrogens with one attached hydrogen (secondary N) is 3. The Morgan fingerprint density at radius 1 is 1.17 bits per heavy atom. The standard InChI is InChI=1S/C34H42BrFN4O6/c1-20-31-26(18-30(32(20)44-3)45-19-22-8-12-37-13-9-22)38-15-11-29(31)46-28-7-5-23(17-25(28)36)40-34(42)33(41)39-14-10-21-4-6-27(43-2)24(35)16-21/h4-7,11,15-18,20,22,29,31-33,37,39,41H,8-10,12-14,19H2,1-3H3,(H,40,42). The number of allylic oxidation sites excluding steroid dienone is 1. The van der Waals surface area contributed by atoms with Gasteiger partial charge in [-0.25, -0.2) is 4.39 Å². The van der Waals surface area contributed by atoms with Crippen molar-refractivity contribution in [3.05, 3.63) is 76.4 Å². The van der Waals surface area contributed by atoms with Crippen molar-refractivity contribution in [3.63, 3.8) is 0 Å². The van der Waals surface area contributed by atoms with Crippen LogP contribution in [0, 0.1) is 23.6 Å². The quantitative estimate of drug-likeness (QED) is 0.224. The second-order valence-electron chi connectivity index (χ2n) is 11.8. The lowest BCUT2D eigenvalue weighted by Crippen LogP contribution is -2.46. The highest BCUT2D eigenvalue weighted by atomic mass is 79.9. The molecule has 1 amide bonds. The van der Waals surface area contributed by atoms with Gasteiger partial charge in [-0.2, -0.15) is 0 Å². The lowest BCUT2D eigenvalue weighted by molar-refractivity contribution is -0.125. The molecule has 4 N–H and O–H groups in total. The maximum Gasteiger partial charge on any atom is 0.268 e. The van der Waals surface area contributed by atoms with Gasteiger partial charge in [0.2, 0.25) is 0 Å². The predicted molar refractivity (Wildman–Crippen MR) is 178 cm³/mol. The van der Waals surface area contributed by atoms with Crippen LogP contribution in [0.15, 0.2) is 70.0 Å². The lowest BCUT2D eigenvalue weighted by Gasteiger charge is -2.40. The maximum absolute atomic E-state index is 15.3. The summed E-state index contributed by atoms with van der Waals surface area (Å²) in [7, 11) is 3.26. The molecule has 2 aromatic rings. The monoisotopic (exact) mass is 700 g/mol. The minimum atomic E-state index is -1.48. The van der Waals surface area contributed by atoms with Gasteiger partial charge < -0.3 is 34.7 Å². The van der Waals surface area contributed by atoms with Crippen LogP contribution in [0.25, 0.3) is 0 Å². The number of carbonyl (C=O) groups excluding carboxylic acids is 1. The summed E-state index contributed by atoms with van der Waals surface area (Å²) >= 11 is 3.45. The minimum absolute atomic E-state index is 0.0383. The predicted octanol–water partition coefficient (Wildman–Crippen LogP) is 4.58. The fourth-order valence-corrected chi connectivity index (χ4v) is 6.73. The molecule has 0 spiro atoms. The number of aliphatic imine (C=N–C) groups is 1. The first-order chi connectivity index (χ1) is 22.3. The van der Waals surface area contributed by atoms with Crippen molar-refractivity contribution >= 4 is 33.2 Å². The zero-order valence-corrected chi connectivity index (χ0v) is 27.9. The Morgan fingerprint density at radius 3 is 2.67 bits per heavy atom. The number of ether oxygens (including phenoxy) is 4. The molecule has 46 heavy (non-hydrogen) atoms. The summed E-state index contributed by atoms with van der Waals surface area (Å²) in [6.07, 6.45) is 5.90. The number of aliphatic hydroxyl groups excluding tert-OH is 1. The normalized spacial score (nSPS) is 23.5. The molecule has 0 aromatic heterocycles. The van der Waals surface area contributed by atoms with Crippen molar-refractivity contribution in [2.24, 2.45) is 22.7 Å². The molecule has 5 rings (SSSR count). The summed E-state index contributed by atoms with van der Waals surface area (Å²) in [6.45, 7) is 5.05. The van der Waals surface area contributed by atoms with Crippen LogP contribution < -0.4 is 25.4 Å². The minimum Gasteiger partial charge on any atom is -0.496 e. The van der Waals surface area contributed by atoms with Crippen LogP contribution in [0.1, 0.15) is 25.3 Å². The van der Waals surface area contributed by atoms with Crippen LogP contribution in [-0.2, 0) is 20.7 Å². The van der Waals surface area contributed by atoms with E-state index in [1.165, 1.54) is 18.2 Å². The Balaban J connectivity index is 1.16. The SMILES string of the molecule is COc1ccc(CCNC(O)C(=O)Nc2ccc(OC3C=CN=C4C=C(OCC5CCNCC5)C(OC)C(C)C43)c(F)c2)cc1Br. The highest BCUT2D eigenvalue weighted by molar-refractivity contribution is 9.10. The van der Waals surface area contributed by atoms with Crippen molar-refractivity contribution in [2.75, 3.05) is 45.8 Å². The first-order valence-corrected chi connectivity index (χ1v) is 16.4. The number of amides is 1. The number of piperidine rings is 1. The fraction of sp³-hybridized carbons (Fsp3) is 0.471. The van der Waals surface area contributed by atoms with E-state index in [2.05, 4.69) is 43.8 Å². The molecule has 248 valence electrons. The molecule has 5 atom stereocenters. The van der Waals surface area contributed by atoms with E-state index in [1.807, 2.05) is 30.4 Å². The van der Waals surface area contributed by atoms with Gasteiger partial charge in [0, 0.05) is 49.5 Å². The molecule has 1 aliphatic carbocycles. The van der Waals surface area contributed by atoms with Crippen molar-refractivity contribution in [1.82, 2.24) is 10.6 Å². The number of methoxy groups -OCH3 is 2. The van der Waals surface area contributed by atoms with Crippen LogP contribution in [0.4, 0.5) is 10.1 Å². The molecule has 1 saturated heterocycles. The number of halogens is 2. The Kier molecular flexibility index (Phi) is 11.9. The Bertz CT molecular complexity index is 1460. The van der Waals surface area contributed by atoms with Crippen LogP contribution in [0.5, 0.6) is 11.5 Å². The average molecular weight is 702 g/mol. The van der Waals surface area contributed by atoms with Gasteiger partial charge >= 0.3 is 0 Å². The highest BCUT2D eigenvalue weighted by Gasteiger charge is 2.43. The second kappa shape index (κ2) is 16.0. The number of anilines is 1. The zero-order chi connectivity index (χ0) is 32.6. The van der Waals surface area contributed by atoms with Gasteiger partial charge in [0.25, 0.3) is 5.91 Å². The Morgan fingerprint density at radius 2 is 1.96 bits per heavy atom. The molecule has 2 aliphatic heterocycles. The molecule has 10 nitrogen and oxygen atoms in total. The molecular weight excluding hydrogens is 659 g/mol. The van der Waals surface area contributed by atoms with E-state index in [0.717, 1.165) is 53.2 Å². The largest absolute Gasteiger partial charge is 0.496 e. The van der Waals surface area contributed by atoms with E-state index in [1.54, 1.807) is 20.4 Å². The molecule has 3 aliphatic rings. The molecule has 0 saturated carbocycles. The number of carbonyl (C=O) groups is 1. The summed E-state index contributed by atoms with van der Waals surface area (Å²) < 4.78 is 39.6. The molecule has 2 aromatic carbocycles. The molecule has 1 fully saturated rings. The summed E-state index contributed by atoms with van der Waals surface area (Å²) in [6, 6.07) is 9.84. The second-order valence-corrected chi connectivity index (χ2v) is 12.6. The maximum atomic E-state index is 15.3. The van der Waals surface area contributed by atoms with Gasteiger partial charge in [0.05, 0.1) is 23.9 Å². The molecule has 0 radical (unpaired) electrons. The zero-order valence-electron chi connectivity index (χ0n) is 26.3. The van der Waals surface area contributed by atoms with Gasteiger partial charge in [-0.1, -0.05) is 13.0 Å². The third-order valence-electron chi connectivity index (χ3n) is 8.69. The molecule has 2 heterocycles. The number of aliphatic hydroxyl groups is 1. The van der Waals surface area contributed by atoms with Gasteiger partial charge in [0.15, 0.2) is 17.8 Å². The third-order valence-corrected chi connectivity index (χ3v) is 9.31. The molecule has 0 bridgehead atoms. The van der Waals surface area contributed by atoms with Gasteiger partial charge in [-0.05, 0) is 90.1 Å². The highest BCUT2D eigenvalue weighted by Crippen LogP contribution is 2.37. The lowest BCUT2D eigenvalue weighted by atomic mass is 9.75. The molecule has 12 heteroatoms. The van der Waals surface area contributed by atoms with E-state index in [0.29, 0.717) is 25.5 Å². The van der Waals surface area contributed by atoms with Crippen LogP contribution in [0.2, 0.25) is 0 Å². The smallest absolute Gasteiger partial charge is 0.268 e. The number of fused-ring (bicyclic) bond motifs is 1. The Labute approximate surface area is 277 Å². The van der Waals surface area contributed by atoms with E-state index in [-0.39, 0.29) is 29.4 Å². The first-order valence-electron chi connectivity index (χ1n) is 15.6. The average Bonchev–Trinajstić information content (AvgIpc) is 3.05. The van der Waals surface area contributed by atoms with Crippen molar-refractivity contribution in [2.45, 2.75) is 44.6 Å². The van der Waals surface area contributed by atoms with Gasteiger partial charge in [0.1, 0.15) is 23.7 Å². The molecular formula is C34H42BrFN4O6. The van der Waals surface area contributed by atoms with Gasteiger partial charge in [-0.15, -0.1) is 0 Å². The number of rotatable bonds is 13. The van der Waals surface area contributed by atoms with Crippen LogP contribution >= 0.6 is 15.9 Å². The number of nitrogens with zero attached hydrogens (tertiary/aromatic N) is 1. The van der Waals surface area contributed by atoms with Crippen LogP contribution in [-0.4, -0.2) is 75.6 Å². The van der Waals surface area contributed by atoms with E-state index >= 15 is 4.39 Å². The van der Waals surface area contributed by atoms with Crippen LogP contribution in [0.3, 0.4) is 0 Å². The summed E-state index contributed by atoms with van der Waals surface area (Å²) in [5, 5.41) is 19.0. The topological polar surface area (TPSA) is 123 Å². The van der Waals surface area contributed by atoms with Crippen molar-refractivity contribution < 1.29 is 33.2 Å². The van der Waals surface area contributed by atoms with Crippen molar-refractivity contribution in [3.8, 4) is 11.5 Å². The van der Waals surface area contributed by atoms with E-state index in [9.17, 15) is 9.90 Å². The number of benzene rings is 2. The fourth-order valence-electron chi connectivity index (χ4n) is 6.14. The summed E-state index contributed by atoms with van der Waals surface area (Å²) in [4.78, 5) is 17.2. The summed E-state index contributed by atoms with van der Waals surface area (Å²) in [5.41, 5.74) is 1.99. The third kappa shape index (κ3) is 8.34. The van der Waals surface area contributed by atoms with E-state index < -0.39 is 24.1 Å².